The van der Waals surface area contributed by atoms with Gasteiger partial charge in [-0.1, -0.05) is 25.8 Å². The molecule has 110 valence electrons. The number of benzene rings is 1. The molecule has 0 aromatic heterocycles. The van der Waals surface area contributed by atoms with Crippen LogP contribution in [0.15, 0.2) is 22.7 Å². The summed E-state index contributed by atoms with van der Waals surface area (Å²) in [5.74, 6) is 0.621. The molecule has 0 radical (unpaired) electrons. The Balaban J connectivity index is 1.80. The molecule has 1 saturated carbocycles. The van der Waals surface area contributed by atoms with Crippen LogP contribution in [0.3, 0.4) is 0 Å². The summed E-state index contributed by atoms with van der Waals surface area (Å²) in [6.45, 7) is 4.40. The van der Waals surface area contributed by atoms with E-state index >= 15 is 0 Å². The second-order valence-electron chi connectivity index (χ2n) is 5.74. The van der Waals surface area contributed by atoms with E-state index in [4.69, 9.17) is 4.74 Å². The molecule has 1 N–H and O–H groups in total. The first-order chi connectivity index (χ1) is 9.54. The molecule has 1 aromatic carbocycles. The number of hydrogen-bond donors (Lipinski definition) is 1. The number of carbonyl (C=O) groups excluding carboxylic acids is 1. The number of nitrogens with one attached hydrogen (secondary N) is 1. The van der Waals surface area contributed by atoms with Gasteiger partial charge in [0.1, 0.15) is 6.61 Å². The standard InChI is InChI=1S/C16H22BrNO2/c1-11-4-3-5-13(8-11)20-10-16(19)18-15-7-6-12(2)9-14(15)17/h6-7,9,11,13H,3-5,8,10H2,1-2H3,(H,18,19). The van der Waals surface area contributed by atoms with Crippen molar-refractivity contribution in [2.45, 2.75) is 45.6 Å². The van der Waals surface area contributed by atoms with E-state index in [2.05, 4.69) is 28.2 Å². The van der Waals surface area contributed by atoms with Crippen molar-refractivity contribution < 1.29 is 9.53 Å². The largest absolute Gasteiger partial charge is 0.368 e. The lowest BCUT2D eigenvalue weighted by atomic mass is 9.89. The van der Waals surface area contributed by atoms with E-state index in [1.165, 1.54) is 12.8 Å². The summed E-state index contributed by atoms with van der Waals surface area (Å²) in [5, 5.41) is 2.88. The zero-order valence-electron chi connectivity index (χ0n) is 12.1. The number of amides is 1. The monoisotopic (exact) mass is 339 g/mol. The highest BCUT2D eigenvalue weighted by molar-refractivity contribution is 9.10. The Morgan fingerprint density at radius 1 is 1.45 bits per heavy atom. The van der Waals surface area contributed by atoms with Gasteiger partial charge in [-0.3, -0.25) is 4.79 Å². The van der Waals surface area contributed by atoms with Crippen molar-refractivity contribution in [1.82, 2.24) is 0 Å². The van der Waals surface area contributed by atoms with Gasteiger partial charge in [-0.2, -0.15) is 0 Å². The van der Waals surface area contributed by atoms with Gasteiger partial charge in [0.05, 0.1) is 11.8 Å². The number of halogens is 1. The molecule has 1 aromatic rings. The molecule has 1 aliphatic carbocycles. The summed E-state index contributed by atoms with van der Waals surface area (Å²) in [7, 11) is 0. The van der Waals surface area contributed by atoms with Crippen LogP contribution in [-0.4, -0.2) is 18.6 Å². The predicted octanol–water partition coefficient (Wildman–Crippen LogP) is 4.29. The Hall–Kier alpha value is -0.870. The topological polar surface area (TPSA) is 38.3 Å². The number of carbonyl (C=O) groups is 1. The fourth-order valence-electron chi connectivity index (χ4n) is 2.63. The van der Waals surface area contributed by atoms with E-state index < -0.39 is 0 Å². The van der Waals surface area contributed by atoms with Crippen LogP contribution >= 0.6 is 15.9 Å². The Bertz CT molecular complexity index is 476. The summed E-state index contributed by atoms with van der Waals surface area (Å²) < 4.78 is 6.62. The third-order valence-corrected chi connectivity index (χ3v) is 4.39. The van der Waals surface area contributed by atoms with Gasteiger partial charge in [0.2, 0.25) is 5.91 Å². The quantitative estimate of drug-likeness (QED) is 0.888. The van der Waals surface area contributed by atoms with E-state index in [9.17, 15) is 4.79 Å². The first-order valence-electron chi connectivity index (χ1n) is 7.22. The summed E-state index contributed by atoms with van der Waals surface area (Å²) in [5.41, 5.74) is 1.95. The first kappa shape index (κ1) is 15.5. The highest BCUT2D eigenvalue weighted by Gasteiger charge is 2.20. The van der Waals surface area contributed by atoms with Gasteiger partial charge in [0.15, 0.2) is 0 Å². The van der Waals surface area contributed by atoms with E-state index in [0.29, 0.717) is 5.92 Å². The van der Waals surface area contributed by atoms with Crippen molar-refractivity contribution >= 4 is 27.5 Å². The molecule has 0 heterocycles. The lowest BCUT2D eigenvalue weighted by molar-refractivity contribution is -0.123. The number of ether oxygens (including phenoxy) is 1. The number of anilines is 1. The third-order valence-electron chi connectivity index (χ3n) is 3.74. The predicted molar refractivity (Wildman–Crippen MR) is 84.9 cm³/mol. The first-order valence-corrected chi connectivity index (χ1v) is 8.01. The molecule has 1 amide bonds. The molecule has 1 aliphatic rings. The fourth-order valence-corrected chi connectivity index (χ4v) is 3.22. The van der Waals surface area contributed by atoms with E-state index in [0.717, 1.165) is 28.6 Å². The average molecular weight is 340 g/mol. The van der Waals surface area contributed by atoms with Crippen molar-refractivity contribution in [3.8, 4) is 0 Å². The molecule has 0 spiro atoms. The van der Waals surface area contributed by atoms with Crippen LogP contribution in [0.5, 0.6) is 0 Å². The molecular weight excluding hydrogens is 318 g/mol. The summed E-state index contributed by atoms with van der Waals surface area (Å²) in [4.78, 5) is 11.9. The van der Waals surface area contributed by atoms with Crippen molar-refractivity contribution in [1.29, 1.82) is 0 Å². The minimum atomic E-state index is -0.0900. The van der Waals surface area contributed by atoms with Gasteiger partial charge >= 0.3 is 0 Å². The van der Waals surface area contributed by atoms with Crippen LogP contribution in [0.1, 0.15) is 38.2 Å². The van der Waals surface area contributed by atoms with Gasteiger partial charge in [0, 0.05) is 4.47 Å². The highest BCUT2D eigenvalue weighted by Crippen LogP contribution is 2.26. The molecular formula is C16H22BrNO2. The van der Waals surface area contributed by atoms with Crippen LogP contribution in [-0.2, 0) is 9.53 Å². The molecule has 0 saturated heterocycles. The van der Waals surface area contributed by atoms with Crippen LogP contribution in [0.4, 0.5) is 5.69 Å². The van der Waals surface area contributed by atoms with E-state index in [-0.39, 0.29) is 18.6 Å². The smallest absolute Gasteiger partial charge is 0.250 e. The molecule has 20 heavy (non-hydrogen) atoms. The van der Waals surface area contributed by atoms with Gasteiger partial charge in [-0.05, 0) is 59.3 Å². The SMILES string of the molecule is Cc1ccc(NC(=O)COC2CCCC(C)C2)c(Br)c1. The Morgan fingerprint density at radius 2 is 2.25 bits per heavy atom. The molecule has 3 nitrogen and oxygen atoms in total. The second kappa shape index (κ2) is 7.23. The molecule has 4 heteroatoms. The van der Waals surface area contributed by atoms with Crippen LogP contribution in [0.25, 0.3) is 0 Å². The maximum absolute atomic E-state index is 11.9. The molecule has 2 atom stereocenters. The molecule has 2 rings (SSSR count). The van der Waals surface area contributed by atoms with Crippen molar-refractivity contribution in [2.24, 2.45) is 5.92 Å². The van der Waals surface area contributed by atoms with Crippen molar-refractivity contribution in [2.75, 3.05) is 11.9 Å². The Kier molecular flexibility index (Phi) is 5.61. The minimum absolute atomic E-state index is 0.0900. The van der Waals surface area contributed by atoms with Crippen molar-refractivity contribution in [3.05, 3.63) is 28.2 Å². The van der Waals surface area contributed by atoms with Gasteiger partial charge in [-0.15, -0.1) is 0 Å². The number of aryl methyl sites for hydroxylation is 1. The van der Waals surface area contributed by atoms with Crippen LogP contribution in [0, 0.1) is 12.8 Å². The zero-order chi connectivity index (χ0) is 14.5. The minimum Gasteiger partial charge on any atom is -0.368 e. The molecule has 0 bridgehead atoms. The lowest BCUT2D eigenvalue weighted by Gasteiger charge is -2.26. The number of rotatable bonds is 4. The molecule has 0 aliphatic heterocycles. The van der Waals surface area contributed by atoms with Gasteiger partial charge in [0.25, 0.3) is 0 Å². The zero-order valence-corrected chi connectivity index (χ0v) is 13.7. The normalized spacial score (nSPS) is 22.6. The lowest BCUT2D eigenvalue weighted by Crippen LogP contribution is -2.27. The van der Waals surface area contributed by atoms with Gasteiger partial charge in [-0.25, -0.2) is 0 Å². The maximum Gasteiger partial charge on any atom is 0.250 e. The average Bonchev–Trinajstić information content (AvgIpc) is 2.40. The third kappa shape index (κ3) is 4.60. The summed E-state index contributed by atoms with van der Waals surface area (Å²) in [6.07, 6.45) is 4.87. The fraction of sp³-hybridized carbons (Fsp3) is 0.562. The molecule has 2 unspecified atom stereocenters. The highest BCUT2D eigenvalue weighted by atomic mass is 79.9. The maximum atomic E-state index is 11.9. The van der Waals surface area contributed by atoms with Crippen LogP contribution in [0.2, 0.25) is 0 Å². The Labute approximate surface area is 129 Å². The molecule has 1 fully saturated rings. The second-order valence-corrected chi connectivity index (χ2v) is 6.59. The van der Waals surface area contributed by atoms with Crippen LogP contribution < -0.4 is 5.32 Å². The van der Waals surface area contributed by atoms with Gasteiger partial charge < -0.3 is 10.1 Å². The number of hydrogen-bond acceptors (Lipinski definition) is 2. The summed E-state index contributed by atoms with van der Waals surface area (Å²) in [6, 6.07) is 5.86. The summed E-state index contributed by atoms with van der Waals surface area (Å²) >= 11 is 3.46. The van der Waals surface area contributed by atoms with Crippen molar-refractivity contribution in [3.63, 3.8) is 0 Å². The Morgan fingerprint density at radius 3 is 2.95 bits per heavy atom. The van der Waals surface area contributed by atoms with E-state index in [1.54, 1.807) is 0 Å². The van der Waals surface area contributed by atoms with E-state index in [1.807, 2.05) is 25.1 Å².